The van der Waals surface area contributed by atoms with Gasteiger partial charge in [0.15, 0.2) is 0 Å². The standard InChI is InChI=1S/C18H19IN2O3/c19-15-9-13(10-16(11-15)21(22)23)12-24-17-7-4-8-20-18(17)14-5-2-1-3-6-14/h1-3,5-6,9-11,17-18,20H,4,7-8,12H2. The molecular formula is C18H19IN2O3. The van der Waals surface area contributed by atoms with Gasteiger partial charge >= 0.3 is 0 Å². The molecular weight excluding hydrogens is 419 g/mol. The zero-order valence-electron chi connectivity index (χ0n) is 13.2. The number of rotatable bonds is 5. The molecule has 126 valence electrons. The zero-order chi connectivity index (χ0) is 16.9. The van der Waals surface area contributed by atoms with Gasteiger partial charge in [0.1, 0.15) is 0 Å². The number of non-ortho nitro benzene ring substituents is 1. The first-order valence-electron chi connectivity index (χ1n) is 7.97. The van der Waals surface area contributed by atoms with Crippen molar-refractivity contribution in [3.8, 4) is 0 Å². The lowest BCUT2D eigenvalue weighted by Crippen LogP contribution is -2.39. The molecule has 0 amide bonds. The molecule has 24 heavy (non-hydrogen) atoms. The topological polar surface area (TPSA) is 64.4 Å². The highest BCUT2D eigenvalue weighted by atomic mass is 127. The van der Waals surface area contributed by atoms with Crippen LogP contribution in [-0.4, -0.2) is 17.6 Å². The Labute approximate surface area is 154 Å². The van der Waals surface area contributed by atoms with Crippen LogP contribution >= 0.6 is 22.6 Å². The summed E-state index contributed by atoms with van der Waals surface area (Å²) in [4.78, 5) is 10.6. The molecule has 0 aromatic heterocycles. The van der Waals surface area contributed by atoms with Crippen LogP contribution in [0.15, 0.2) is 48.5 Å². The molecule has 1 N–H and O–H groups in total. The van der Waals surface area contributed by atoms with E-state index in [9.17, 15) is 10.1 Å². The van der Waals surface area contributed by atoms with E-state index in [4.69, 9.17) is 4.74 Å². The van der Waals surface area contributed by atoms with Crippen molar-refractivity contribution in [1.29, 1.82) is 0 Å². The second kappa shape index (κ2) is 8.04. The van der Waals surface area contributed by atoms with Gasteiger partial charge in [-0.1, -0.05) is 30.3 Å². The molecule has 2 aromatic rings. The van der Waals surface area contributed by atoms with Gasteiger partial charge in [-0.25, -0.2) is 0 Å². The first-order valence-corrected chi connectivity index (χ1v) is 9.05. The Kier molecular flexibility index (Phi) is 5.80. The number of nitrogens with one attached hydrogen (secondary N) is 1. The number of benzene rings is 2. The number of hydrogen-bond donors (Lipinski definition) is 1. The monoisotopic (exact) mass is 438 g/mol. The zero-order valence-corrected chi connectivity index (χ0v) is 15.3. The van der Waals surface area contributed by atoms with E-state index in [1.165, 1.54) is 5.56 Å². The summed E-state index contributed by atoms with van der Waals surface area (Å²) < 4.78 is 6.99. The van der Waals surface area contributed by atoms with Gasteiger partial charge in [0, 0.05) is 15.7 Å². The lowest BCUT2D eigenvalue weighted by Gasteiger charge is -2.33. The van der Waals surface area contributed by atoms with Crippen molar-refractivity contribution in [2.75, 3.05) is 6.54 Å². The highest BCUT2D eigenvalue weighted by Gasteiger charge is 2.26. The van der Waals surface area contributed by atoms with Gasteiger partial charge < -0.3 is 10.1 Å². The molecule has 1 aliphatic heterocycles. The lowest BCUT2D eigenvalue weighted by molar-refractivity contribution is -0.385. The SMILES string of the molecule is O=[N+]([O-])c1cc(I)cc(COC2CCCNC2c2ccccc2)c1. The Morgan fingerprint density at radius 2 is 2.04 bits per heavy atom. The average Bonchev–Trinajstić information content (AvgIpc) is 2.60. The van der Waals surface area contributed by atoms with E-state index in [1.54, 1.807) is 12.1 Å². The van der Waals surface area contributed by atoms with Gasteiger partial charge in [0.05, 0.1) is 23.7 Å². The quantitative estimate of drug-likeness (QED) is 0.432. The number of nitrogens with zero attached hydrogens (tertiary/aromatic N) is 1. The van der Waals surface area contributed by atoms with E-state index < -0.39 is 0 Å². The number of hydrogen-bond acceptors (Lipinski definition) is 4. The van der Waals surface area contributed by atoms with Gasteiger partial charge in [-0.3, -0.25) is 10.1 Å². The van der Waals surface area contributed by atoms with Crippen molar-refractivity contribution in [3.05, 3.63) is 73.3 Å². The summed E-state index contributed by atoms with van der Waals surface area (Å²) in [6.45, 7) is 1.36. The summed E-state index contributed by atoms with van der Waals surface area (Å²) in [5.74, 6) is 0. The van der Waals surface area contributed by atoms with Crippen LogP contribution in [-0.2, 0) is 11.3 Å². The third kappa shape index (κ3) is 4.31. The fourth-order valence-electron chi connectivity index (χ4n) is 3.06. The molecule has 5 nitrogen and oxygen atoms in total. The molecule has 0 saturated carbocycles. The summed E-state index contributed by atoms with van der Waals surface area (Å²) in [6, 6.07) is 15.5. The van der Waals surface area contributed by atoms with Crippen LogP contribution in [0.25, 0.3) is 0 Å². The van der Waals surface area contributed by atoms with Crippen LogP contribution in [0, 0.1) is 13.7 Å². The van der Waals surface area contributed by atoms with Crippen molar-refractivity contribution in [2.24, 2.45) is 0 Å². The number of nitro benzene ring substituents is 1. The van der Waals surface area contributed by atoms with Gasteiger partial charge in [-0.15, -0.1) is 0 Å². The molecule has 0 aliphatic carbocycles. The molecule has 1 saturated heterocycles. The molecule has 6 heteroatoms. The maximum Gasteiger partial charge on any atom is 0.270 e. The Morgan fingerprint density at radius 3 is 2.79 bits per heavy atom. The third-order valence-electron chi connectivity index (χ3n) is 4.18. The van der Waals surface area contributed by atoms with Gasteiger partial charge in [-0.05, 0) is 59.2 Å². The lowest BCUT2D eigenvalue weighted by atomic mass is 9.94. The number of nitro groups is 1. The van der Waals surface area contributed by atoms with Crippen molar-refractivity contribution < 1.29 is 9.66 Å². The third-order valence-corrected chi connectivity index (χ3v) is 4.80. The van der Waals surface area contributed by atoms with Crippen LogP contribution in [0.1, 0.15) is 30.0 Å². The average molecular weight is 438 g/mol. The first kappa shape index (κ1) is 17.3. The normalized spacial score (nSPS) is 20.7. The Morgan fingerprint density at radius 1 is 1.25 bits per heavy atom. The van der Waals surface area contributed by atoms with Crippen LogP contribution in [0.4, 0.5) is 5.69 Å². The van der Waals surface area contributed by atoms with E-state index in [1.807, 2.05) is 24.3 Å². The van der Waals surface area contributed by atoms with Gasteiger partial charge in [-0.2, -0.15) is 0 Å². The van der Waals surface area contributed by atoms with E-state index in [0.717, 1.165) is 28.5 Å². The summed E-state index contributed by atoms with van der Waals surface area (Å²) in [7, 11) is 0. The molecule has 1 aliphatic rings. The minimum absolute atomic E-state index is 0.0677. The molecule has 1 heterocycles. The van der Waals surface area contributed by atoms with Gasteiger partial charge in [0.25, 0.3) is 5.69 Å². The number of piperidine rings is 1. The Balaban J connectivity index is 1.71. The van der Waals surface area contributed by atoms with Crippen molar-refractivity contribution in [1.82, 2.24) is 5.32 Å². The molecule has 0 spiro atoms. The van der Waals surface area contributed by atoms with Crippen molar-refractivity contribution >= 4 is 28.3 Å². The minimum atomic E-state index is -0.361. The van der Waals surface area contributed by atoms with E-state index in [-0.39, 0.29) is 22.8 Å². The summed E-state index contributed by atoms with van der Waals surface area (Å²) in [5.41, 5.74) is 2.17. The molecule has 0 bridgehead atoms. The van der Waals surface area contributed by atoms with Crippen LogP contribution in [0.2, 0.25) is 0 Å². The van der Waals surface area contributed by atoms with E-state index in [0.29, 0.717) is 6.61 Å². The highest BCUT2D eigenvalue weighted by Crippen LogP contribution is 2.27. The molecule has 3 rings (SSSR count). The van der Waals surface area contributed by atoms with E-state index in [2.05, 4.69) is 40.0 Å². The number of ether oxygens (including phenoxy) is 1. The van der Waals surface area contributed by atoms with Gasteiger partial charge in [0.2, 0.25) is 0 Å². The summed E-state index contributed by atoms with van der Waals surface area (Å²) in [6.07, 6.45) is 2.12. The first-order chi connectivity index (χ1) is 11.6. The predicted octanol–water partition coefficient (Wildman–Crippen LogP) is 4.21. The Bertz CT molecular complexity index is 709. The molecule has 2 atom stereocenters. The number of halogens is 1. The highest BCUT2D eigenvalue weighted by molar-refractivity contribution is 14.1. The van der Waals surface area contributed by atoms with Crippen LogP contribution < -0.4 is 5.32 Å². The maximum absolute atomic E-state index is 11.0. The second-order valence-electron chi connectivity index (χ2n) is 5.91. The molecule has 2 aromatic carbocycles. The fraction of sp³-hybridized carbons (Fsp3) is 0.333. The second-order valence-corrected chi connectivity index (χ2v) is 7.15. The largest absolute Gasteiger partial charge is 0.372 e. The Hall–Kier alpha value is -1.51. The summed E-state index contributed by atoms with van der Waals surface area (Å²) in [5, 5.41) is 14.5. The van der Waals surface area contributed by atoms with Crippen LogP contribution in [0.5, 0.6) is 0 Å². The molecule has 2 unspecified atom stereocenters. The fourth-order valence-corrected chi connectivity index (χ4v) is 3.78. The van der Waals surface area contributed by atoms with Crippen molar-refractivity contribution in [2.45, 2.75) is 31.6 Å². The van der Waals surface area contributed by atoms with Crippen LogP contribution in [0.3, 0.4) is 0 Å². The predicted molar refractivity (Wildman–Crippen MR) is 101 cm³/mol. The molecule has 0 radical (unpaired) electrons. The summed E-state index contributed by atoms with van der Waals surface area (Å²) >= 11 is 2.10. The van der Waals surface area contributed by atoms with E-state index >= 15 is 0 Å². The van der Waals surface area contributed by atoms with Crippen molar-refractivity contribution in [3.63, 3.8) is 0 Å². The minimum Gasteiger partial charge on any atom is -0.372 e. The smallest absolute Gasteiger partial charge is 0.270 e. The maximum atomic E-state index is 11.0. The molecule has 1 fully saturated rings.